The van der Waals surface area contributed by atoms with E-state index in [0.717, 1.165) is 32.0 Å². The van der Waals surface area contributed by atoms with Gasteiger partial charge in [0.1, 0.15) is 5.69 Å². The SMILES string of the molecule is CC(C)(C)N1CCC(Nc2ccc(S(N)(=O)=O)cc2[N+](=O)[O-])CC1. The smallest absolute Gasteiger partial charge is 0.293 e. The summed E-state index contributed by atoms with van der Waals surface area (Å²) in [5, 5.41) is 19.5. The molecule has 2 rings (SSSR count). The van der Waals surface area contributed by atoms with Gasteiger partial charge in [0.2, 0.25) is 10.0 Å². The molecule has 134 valence electrons. The number of hydrogen-bond donors (Lipinski definition) is 2. The van der Waals surface area contributed by atoms with Crippen molar-refractivity contribution in [2.24, 2.45) is 5.14 Å². The Morgan fingerprint density at radius 3 is 2.33 bits per heavy atom. The fourth-order valence-electron chi connectivity index (χ4n) is 2.88. The molecule has 0 amide bonds. The normalized spacial score (nSPS) is 17.7. The van der Waals surface area contributed by atoms with Crippen LogP contribution >= 0.6 is 0 Å². The Bertz CT molecular complexity index is 719. The van der Waals surface area contributed by atoms with Crippen molar-refractivity contribution in [2.45, 2.75) is 50.1 Å². The number of benzene rings is 1. The van der Waals surface area contributed by atoms with Crippen molar-refractivity contribution >= 4 is 21.4 Å². The summed E-state index contributed by atoms with van der Waals surface area (Å²) < 4.78 is 22.7. The van der Waals surface area contributed by atoms with Crippen molar-refractivity contribution in [1.82, 2.24) is 4.90 Å². The zero-order chi connectivity index (χ0) is 18.1. The molecule has 0 radical (unpaired) electrons. The van der Waals surface area contributed by atoms with Gasteiger partial charge in [-0.15, -0.1) is 0 Å². The first-order valence-corrected chi connectivity index (χ1v) is 9.36. The lowest BCUT2D eigenvalue weighted by molar-refractivity contribution is -0.384. The molecule has 24 heavy (non-hydrogen) atoms. The molecular weight excluding hydrogens is 332 g/mol. The van der Waals surface area contributed by atoms with E-state index in [-0.39, 0.29) is 22.2 Å². The lowest BCUT2D eigenvalue weighted by Crippen LogP contribution is -2.48. The highest BCUT2D eigenvalue weighted by molar-refractivity contribution is 7.89. The average Bonchev–Trinajstić information content (AvgIpc) is 2.46. The number of nitrogens with two attached hydrogens (primary N) is 1. The molecular formula is C15H24N4O4S. The van der Waals surface area contributed by atoms with E-state index in [0.29, 0.717) is 5.69 Å². The summed E-state index contributed by atoms with van der Waals surface area (Å²) in [6, 6.07) is 3.81. The number of nitro benzene ring substituents is 1. The summed E-state index contributed by atoms with van der Waals surface area (Å²) in [5.74, 6) is 0. The van der Waals surface area contributed by atoms with Crippen LogP contribution in [-0.2, 0) is 10.0 Å². The largest absolute Gasteiger partial charge is 0.377 e. The van der Waals surface area contributed by atoms with Gasteiger partial charge in [-0.25, -0.2) is 13.6 Å². The van der Waals surface area contributed by atoms with E-state index in [2.05, 4.69) is 31.0 Å². The van der Waals surface area contributed by atoms with Crippen LogP contribution in [0.3, 0.4) is 0 Å². The number of sulfonamides is 1. The van der Waals surface area contributed by atoms with Crippen molar-refractivity contribution < 1.29 is 13.3 Å². The Morgan fingerprint density at radius 2 is 1.88 bits per heavy atom. The molecule has 0 spiro atoms. The highest BCUT2D eigenvalue weighted by Crippen LogP contribution is 2.30. The van der Waals surface area contributed by atoms with Gasteiger partial charge in [-0.1, -0.05) is 0 Å². The Balaban J connectivity index is 2.15. The first-order chi connectivity index (χ1) is 11.0. The molecule has 0 bridgehead atoms. The molecule has 8 nitrogen and oxygen atoms in total. The summed E-state index contributed by atoms with van der Waals surface area (Å²) in [7, 11) is -3.97. The molecule has 0 aliphatic carbocycles. The second-order valence-electron chi connectivity index (χ2n) is 7.06. The summed E-state index contributed by atoms with van der Waals surface area (Å²) in [5.41, 5.74) is 0.148. The molecule has 0 unspecified atom stereocenters. The Hall–Kier alpha value is -1.71. The van der Waals surface area contributed by atoms with Crippen molar-refractivity contribution in [2.75, 3.05) is 18.4 Å². The van der Waals surface area contributed by atoms with Gasteiger partial charge in [0.25, 0.3) is 5.69 Å². The van der Waals surface area contributed by atoms with E-state index in [1.807, 2.05) is 0 Å². The second kappa shape index (κ2) is 6.66. The number of rotatable bonds is 4. The monoisotopic (exact) mass is 356 g/mol. The number of anilines is 1. The van der Waals surface area contributed by atoms with E-state index >= 15 is 0 Å². The minimum absolute atomic E-state index is 0.105. The molecule has 1 fully saturated rings. The molecule has 0 saturated carbocycles. The average molecular weight is 356 g/mol. The van der Waals surface area contributed by atoms with E-state index in [9.17, 15) is 18.5 Å². The van der Waals surface area contributed by atoms with E-state index in [1.54, 1.807) is 0 Å². The lowest BCUT2D eigenvalue weighted by Gasteiger charge is -2.41. The quantitative estimate of drug-likeness (QED) is 0.628. The van der Waals surface area contributed by atoms with Crippen LogP contribution in [-0.4, -0.2) is 42.9 Å². The van der Waals surface area contributed by atoms with Gasteiger partial charge in [-0.05, 0) is 45.7 Å². The highest BCUT2D eigenvalue weighted by Gasteiger charge is 2.28. The number of hydrogen-bond acceptors (Lipinski definition) is 6. The zero-order valence-corrected chi connectivity index (χ0v) is 15.0. The van der Waals surface area contributed by atoms with Crippen molar-refractivity contribution in [3.05, 3.63) is 28.3 Å². The van der Waals surface area contributed by atoms with Crippen LogP contribution in [0.1, 0.15) is 33.6 Å². The van der Waals surface area contributed by atoms with E-state index < -0.39 is 14.9 Å². The molecule has 0 aromatic heterocycles. The maximum Gasteiger partial charge on any atom is 0.293 e. The minimum atomic E-state index is -3.97. The maximum atomic E-state index is 11.4. The van der Waals surface area contributed by atoms with Crippen LogP contribution in [0, 0.1) is 10.1 Å². The second-order valence-corrected chi connectivity index (χ2v) is 8.62. The third kappa shape index (κ3) is 4.43. The molecule has 1 aromatic carbocycles. The van der Waals surface area contributed by atoms with Gasteiger partial charge in [0, 0.05) is 30.7 Å². The topological polar surface area (TPSA) is 119 Å². The van der Waals surface area contributed by atoms with Crippen molar-refractivity contribution in [3.63, 3.8) is 0 Å². The van der Waals surface area contributed by atoms with Crippen molar-refractivity contribution in [1.29, 1.82) is 0 Å². The Kier molecular flexibility index (Phi) is 5.17. The minimum Gasteiger partial charge on any atom is -0.377 e. The fraction of sp³-hybridized carbons (Fsp3) is 0.600. The molecule has 1 aromatic rings. The predicted molar refractivity (Wildman–Crippen MR) is 92.4 cm³/mol. The lowest BCUT2D eigenvalue weighted by atomic mass is 9.98. The van der Waals surface area contributed by atoms with Gasteiger partial charge in [0.05, 0.1) is 9.82 Å². The highest BCUT2D eigenvalue weighted by atomic mass is 32.2. The molecule has 3 N–H and O–H groups in total. The first-order valence-electron chi connectivity index (χ1n) is 7.81. The van der Waals surface area contributed by atoms with Gasteiger partial charge in [-0.2, -0.15) is 0 Å². The summed E-state index contributed by atoms with van der Waals surface area (Å²) in [6.45, 7) is 8.31. The molecule has 0 atom stereocenters. The van der Waals surface area contributed by atoms with Gasteiger partial charge in [0.15, 0.2) is 0 Å². The van der Waals surface area contributed by atoms with Crippen LogP contribution in [0.15, 0.2) is 23.1 Å². The number of piperidine rings is 1. The fourth-order valence-corrected chi connectivity index (χ4v) is 3.41. The number of primary sulfonamides is 1. The van der Waals surface area contributed by atoms with Crippen molar-refractivity contribution in [3.8, 4) is 0 Å². The summed E-state index contributed by atoms with van der Waals surface area (Å²) in [4.78, 5) is 12.8. The molecule has 1 heterocycles. The molecule has 9 heteroatoms. The number of likely N-dealkylation sites (tertiary alicyclic amines) is 1. The summed E-state index contributed by atoms with van der Waals surface area (Å²) in [6.07, 6.45) is 1.73. The third-order valence-electron chi connectivity index (χ3n) is 4.30. The predicted octanol–water partition coefficient (Wildman–Crippen LogP) is 1.92. The number of nitro groups is 1. The summed E-state index contributed by atoms with van der Waals surface area (Å²) >= 11 is 0. The van der Waals surface area contributed by atoms with Crippen LogP contribution in [0.2, 0.25) is 0 Å². The first kappa shape index (κ1) is 18.6. The van der Waals surface area contributed by atoms with Gasteiger partial charge >= 0.3 is 0 Å². The Morgan fingerprint density at radius 1 is 1.29 bits per heavy atom. The zero-order valence-electron chi connectivity index (χ0n) is 14.2. The molecule has 1 saturated heterocycles. The van der Waals surface area contributed by atoms with Crippen LogP contribution in [0.4, 0.5) is 11.4 Å². The van der Waals surface area contributed by atoms with E-state index in [1.165, 1.54) is 12.1 Å². The van der Waals surface area contributed by atoms with Gasteiger partial charge in [-0.3, -0.25) is 15.0 Å². The standard InChI is InChI=1S/C15H24N4O4S/c1-15(2,3)18-8-6-11(7-9-18)17-13-5-4-12(24(16,22)23)10-14(13)19(20)21/h4-5,10-11,17H,6-9H2,1-3H3,(H2,16,22,23). The maximum absolute atomic E-state index is 11.4. The third-order valence-corrected chi connectivity index (χ3v) is 5.21. The number of nitrogens with one attached hydrogen (secondary N) is 1. The Labute approximate surface area is 142 Å². The van der Waals surface area contributed by atoms with Crippen LogP contribution in [0.5, 0.6) is 0 Å². The van der Waals surface area contributed by atoms with Gasteiger partial charge < -0.3 is 5.32 Å². The van der Waals surface area contributed by atoms with Crippen LogP contribution in [0.25, 0.3) is 0 Å². The van der Waals surface area contributed by atoms with E-state index in [4.69, 9.17) is 5.14 Å². The molecule has 1 aliphatic rings. The number of nitrogens with zero attached hydrogens (tertiary/aromatic N) is 2. The van der Waals surface area contributed by atoms with Crippen LogP contribution < -0.4 is 10.5 Å². The molecule has 1 aliphatic heterocycles.